The van der Waals surface area contributed by atoms with E-state index in [1.54, 1.807) is 19.5 Å². The van der Waals surface area contributed by atoms with Crippen LogP contribution in [-0.4, -0.2) is 45.8 Å². The molecule has 30 heavy (non-hydrogen) atoms. The molecule has 158 valence electrons. The van der Waals surface area contributed by atoms with Crippen molar-refractivity contribution in [2.75, 3.05) is 13.7 Å². The van der Waals surface area contributed by atoms with Crippen molar-refractivity contribution in [1.82, 2.24) is 19.8 Å². The summed E-state index contributed by atoms with van der Waals surface area (Å²) in [6, 6.07) is 6.84. The molecule has 3 amide bonds. The number of hydrogen-bond acceptors (Lipinski definition) is 5. The number of carbonyl (C=O) groups excluding carboxylic acids is 3. The van der Waals surface area contributed by atoms with Crippen LogP contribution in [0, 0.1) is 11.8 Å². The van der Waals surface area contributed by atoms with Crippen LogP contribution in [0.3, 0.4) is 0 Å². The number of aromatic nitrogens is 2. The molecule has 0 unspecified atom stereocenters. The standard InChI is InChI=1S/C22H26N4O4/c1-25-12-11-23-20(25)19(14-7-9-15(30-2)10-8-14)24-18(27)13-26-21(28)16-5-3-4-6-17(16)22(26)29/h7-12,16-17,19H,3-6,13H2,1-2H3,(H,24,27)/t16-,17+,19-/m1/s1. The van der Waals surface area contributed by atoms with Crippen molar-refractivity contribution in [3.63, 3.8) is 0 Å². The second-order valence-electron chi connectivity index (χ2n) is 7.93. The maximum atomic E-state index is 12.9. The van der Waals surface area contributed by atoms with Crippen molar-refractivity contribution < 1.29 is 19.1 Å². The fourth-order valence-corrected chi connectivity index (χ4v) is 4.49. The molecule has 1 N–H and O–H groups in total. The lowest BCUT2D eigenvalue weighted by molar-refractivity contribution is -0.143. The molecule has 2 fully saturated rings. The summed E-state index contributed by atoms with van der Waals surface area (Å²) in [4.78, 5) is 43.8. The maximum Gasteiger partial charge on any atom is 0.241 e. The molecule has 0 spiro atoms. The van der Waals surface area contributed by atoms with E-state index >= 15 is 0 Å². The van der Waals surface area contributed by atoms with Crippen LogP contribution in [0.25, 0.3) is 0 Å². The van der Waals surface area contributed by atoms with Gasteiger partial charge in [0, 0.05) is 19.4 Å². The number of nitrogens with zero attached hydrogens (tertiary/aromatic N) is 3. The minimum atomic E-state index is -0.515. The first-order chi connectivity index (χ1) is 14.5. The summed E-state index contributed by atoms with van der Waals surface area (Å²) in [5.41, 5.74) is 0.825. The predicted molar refractivity (Wildman–Crippen MR) is 108 cm³/mol. The van der Waals surface area contributed by atoms with Crippen LogP contribution in [-0.2, 0) is 21.4 Å². The van der Waals surface area contributed by atoms with Crippen molar-refractivity contribution in [3.05, 3.63) is 48.0 Å². The summed E-state index contributed by atoms with van der Waals surface area (Å²) in [5.74, 6) is 0.0348. The third-order valence-electron chi connectivity index (χ3n) is 6.11. The van der Waals surface area contributed by atoms with Gasteiger partial charge in [0.25, 0.3) is 0 Å². The van der Waals surface area contributed by atoms with E-state index in [0.29, 0.717) is 11.6 Å². The minimum absolute atomic E-state index is 0.210. The Hall–Kier alpha value is -3.16. The molecule has 3 atom stereocenters. The second-order valence-corrected chi connectivity index (χ2v) is 7.93. The Morgan fingerprint density at radius 3 is 2.33 bits per heavy atom. The summed E-state index contributed by atoms with van der Waals surface area (Å²) in [7, 11) is 3.44. The zero-order valence-corrected chi connectivity index (χ0v) is 17.2. The monoisotopic (exact) mass is 410 g/mol. The van der Waals surface area contributed by atoms with Crippen LogP contribution in [0.15, 0.2) is 36.7 Å². The van der Waals surface area contributed by atoms with Gasteiger partial charge in [-0.2, -0.15) is 0 Å². The van der Waals surface area contributed by atoms with Gasteiger partial charge in [0.15, 0.2) is 0 Å². The molecular weight excluding hydrogens is 384 g/mol. The SMILES string of the molecule is COc1ccc([C@@H](NC(=O)CN2C(=O)[C@H]3CCCC[C@H]3C2=O)c2nccn2C)cc1. The Labute approximate surface area is 175 Å². The van der Waals surface area contributed by atoms with E-state index in [4.69, 9.17) is 4.74 Å². The molecular formula is C22H26N4O4. The maximum absolute atomic E-state index is 12.9. The van der Waals surface area contributed by atoms with E-state index in [9.17, 15) is 14.4 Å². The molecule has 1 aromatic heterocycles. The van der Waals surface area contributed by atoms with Gasteiger partial charge in [-0.05, 0) is 30.5 Å². The highest BCUT2D eigenvalue weighted by Crippen LogP contribution is 2.37. The van der Waals surface area contributed by atoms with Crippen LogP contribution >= 0.6 is 0 Å². The van der Waals surface area contributed by atoms with Gasteiger partial charge in [-0.1, -0.05) is 25.0 Å². The minimum Gasteiger partial charge on any atom is -0.497 e. The molecule has 2 aliphatic rings. The van der Waals surface area contributed by atoms with Crippen LogP contribution in [0.5, 0.6) is 5.75 Å². The number of amides is 3. The van der Waals surface area contributed by atoms with Crippen molar-refractivity contribution in [3.8, 4) is 5.75 Å². The summed E-state index contributed by atoms with van der Waals surface area (Å²) < 4.78 is 7.04. The van der Waals surface area contributed by atoms with Gasteiger partial charge >= 0.3 is 0 Å². The summed E-state index contributed by atoms with van der Waals surface area (Å²) >= 11 is 0. The first kappa shape index (κ1) is 20.1. The fourth-order valence-electron chi connectivity index (χ4n) is 4.49. The zero-order valence-electron chi connectivity index (χ0n) is 17.2. The largest absolute Gasteiger partial charge is 0.497 e. The van der Waals surface area contributed by atoms with Gasteiger partial charge in [-0.3, -0.25) is 19.3 Å². The Balaban J connectivity index is 1.53. The van der Waals surface area contributed by atoms with E-state index in [0.717, 1.165) is 36.1 Å². The van der Waals surface area contributed by atoms with Gasteiger partial charge in [0.1, 0.15) is 24.2 Å². The molecule has 0 radical (unpaired) electrons. The summed E-state index contributed by atoms with van der Waals surface area (Å²) in [6.45, 7) is -0.262. The molecule has 8 nitrogen and oxygen atoms in total. The number of ether oxygens (including phenoxy) is 1. The topological polar surface area (TPSA) is 93.5 Å². The van der Waals surface area contributed by atoms with Gasteiger partial charge in [-0.15, -0.1) is 0 Å². The average molecular weight is 410 g/mol. The predicted octanol–water partition coefficient (Wildman–Crippen LogP) is 1.81. The summed E-state index contributed by atoms with van der Waals surface area (Å²) in [6.07, 6.45) is 6.84. The highest BCUT2D eigenvalue weighted by Gasteiger charge is 2.48. The van der Waals surface area contributed by atoms with E-state index in [1.807, 2.05) is 35.9 Å². The van der Waals surface area contributed by atoms with E-state index in [-0.39, 0.29) is 36.1 Å². The van der Waals surface area contributed by atoms with Crippen molar-refractivity contribution in [1.29, 1.82) is 0 Å². The highest BCUT2D eigenvalue weighted by atomic mass is 16.5. The van der Waals surface area contributed by atoms with Gasteiger partial charge in [-0.25, -0.2) is 4.98 Å². The number of imide groups is 1. The molecule has 1 aliphatic heterocycles. The highest BCUT2D eigenvalue weighted by molar-refractivity contribution is 6.07. The summed E-state index contributed by atoms with van der Waals surface area (Å²) in [5, 5.41) is 2.95. The molecule has 2 aromatic rings. The Morgan fingerprint density at radius 2 is 1.80 bits per heavy atom. The van der Waals surface area contributed by atoms with Crippen LogP contribution in [0.4, 0.5) is 0 Å². The Bertz CT molecular complexity index is 928. The van der Waals surface area contributed by atoms with Gasteiger partial charge < -0.3 is 14.6 Å². The number of imidazole rings is 1. The lowest BCUT2D eigenvalue weighted by Gasteiger charge is -2.21. The van der Waals surface area contributed by atoms with Crippen LogP contribution in [0.1, 0.15) is 43.1 Å². The molecule has 1 aliphatic carbocycles. The van der Waals surface area contributed by atoms with E-state index in [2.05, 4.69) is 10.3 Å². The smallest absolute Gasteiger partial charge is 0.241 e. The molecule has 4 rings (SSSR count). The normalized spacial score (nSPS) is 22.0. The van der Waals surface area contributed by atoms with E-state index in [1.165, 1.54) is 0 Å². The third-order valence-corrected chi connectivity index (χ3v) is 6.11. The molecule has 1 aromatic carbocycles. The molecule has 2 heterocycles. The number of fused-ring (bicyclic) bond motifs is 1. The molecule has 1 saturated carbocycles. The lowest BCUT2D eigenvalue weighted by Crippen LogP contribution is -2.42. The Morgan fingerprint density at radius 1 is 1.17 bits per heavy atom. The lowest BCUT2D eigenvalue weighted by atomic mass is 9.81. The van der Waals surface area contributed by atoms with Crippen LogP contribution < -0.4 is 10.1 Å². The first-order valence-corrected chi connectivity index (χ1v) is 10.3. The second kappa shape index (κ2) is 8.30. The quantitative estimate of drug-likeness (QED) is 0.733. The van der Waals surface area contributed by atoms with Gasteiger partial charge in [0.05, 0.1) is 18.9 Å². The number of nitrogens with one attached hydrogen (secondary N) is 1. The number of likely N-dealkylation sites (tertiary alicyclic amines) is 1. The van der Waals surface area contributed by atoms with Crippen LogP contribution in [0.2, 0.25) is 0 Å². The average Bonchev–Trinajstić information content (AvgIpc) is 3.29. The van der Waals surface area contributed by atoms with E-state index < -0.39 is 6.04 Å². The van der Waals surface area contributed by atoms with Gasteiger partial charge in [0.2, 0.25) is 17.7 Å². The number of aryl methyl sites for hydroxylation is 1. The number of methoxy groups -OCH3 is 1. The molecule has 0 bridgehead atoms. The number of benzene rings is 1. The number of hydrogen-bond donors (Lipinski definition) is 1. The zero-order chi connectivity index (χ0) is 21.3. The first-order valence-electron chi connectivity index (χ1n) is 10.3. The number of carbonyl (C=O) groups is 3. The van der Waals surface area contributed by atoms with Crippen molar-refractivity contribution in [2.45, 2.75) is 31.7 Å². The fraction of sp³-hybridized carbons (Fsp3) is 0.455. The molecule has 8 heteroatoms. The molecule has 1 saturated heterocycles. The Kier molecular flexibility index (Phi) is 5.57. The third kappa shape index (κ3) is 3.69. The van der Waals surface area contributed by atoms with Crippen molar-refractivity contribution in [2.24, 2.45) is 18.9 Å². The van der Waals surface area contributed by atoms with Crippen molar-refractivity contribution >= 4 is 17.7 Å². The number of rotatable bonds is 6.